The molecule has 1 rings (SSSR count). The zero-order chi connectivity index (χ0) is 15.4. The van der Waals surface area contributed by atoms with Gasteiger partial charge in [-0.3, -0.25) is 0 Å². The summed E-state index contributed by atoms with van der Waals surface area (Å²) in [5, 5.41) is 3.47. The van der Waals surface area contributed by atoms with Gasteiger partial charge in [-0.1, -0.05) is 32.9 Å². The Balaban J connectivity index is 2.67. The highest BCUT2D eigenvalue weighted by Gasteiger charge is 2.19. The summed E-state index contributed by atoms with van der Waals surface area (Å²) in [5.74, 6) is 0.965. The van der Waals surface area contributed by atoms with Gasteiger partial charge in [0.25, 0.3) is 0 Å². The first-order valence-corrected chi connectivity index (χ1v) is 7.66. The Morgan fingerprint density at radius 2 is 1.80 bits per heavy atom. The molecule has 0 aliphatic rings. The van der Waals surface area contributed by atoms with Crippen LogP contribution in [0.15, 0.2) is 24.3 Å². The number of hydrogen-bond acceptors (Lipinski definition) is 2. The highest BCUT2D eigenvalue weighted by atomic mass is 16.5. The Bertz CT molecular complexity index is 418. The van der Waals surface area contributed by atoms with Gasteiger partial charge in [0.1, 0.15) is 11.9 Å². The summed E-state index contributed by atoms with van der Waals surface area (Å²) < 4.78 is 6.03. The molecule has 0 aliphatic carbocycles. The first-order valence-electron chi connectivity index (χ1n) is 7.66. The predicted octanol–water partition coefficient (Wildman–Crippen LogP) is 4.53. The molecule has 1 N–H and O–H groups in total. The van der Waals surface area contributed by atoms with Gasteiger partial charge in [0.05, 0.1) is 0 Å². The summed E-state index contributed by atoms with van der Waals surface area (Å²) in [6.45, 7) is 16.2. The highest BCUT2D eigenvalue weighted by molar-refractivity contribution is 5.33. The van der Waals surface area contributed by atoms with E-state index in [-0.39, 0.29) is 17.1 Å². The first-order chi connectivity index (χ1) is 9.14. The van der Waals surface area contributed by atoms with E-state index in [2.05, 4.69) is 72.0 Å². The molecule has 0 fully saturated rings. The van der Waals surface area contributed by atoms with Crippen LogP contribution >= 0.6 is 0 Å². The van der Waals surface area contributed by atoms with E-state index in [4.69, 9.17) is 4.74 Å². The Hall–Kier alpha value is -1.02. The van der Waals surface area contributed by atoms with Crippen molar-refractivity contribution in [2.45, 2.75) is 71.9 Å². The Kier molecular flexibility index (Phi) is 5.64. The van der Waals surface area contributed by atoms with Gasteiger partial charge in [0.2, 0.25) is 0 Å². The molecule has 20 heavy (non-hydrogen) atoms. The van der Waals surface area contributed by atoms with E-state index in [0.29, 0.717) is 0 Å². The van der Waals surface area contributed by atoms with E-state index in [9.17, 15) is 0 Å². The second kappa shape index (κ2) is 6.62. The van der Waals surface area contributed by atoms with Crippen molar-refractivity contribution in [1.82, 2.24) is 5.32 Å². The van der Waals surface area contributed by atoms with E-state index in [1.807, 2.05) is 6.07 Å². The number of ether oxygens (including phenoxy) is 1. The molecule has 0 heterocycles. The molecule has 0 saturated carbocycles. The van der Waals surface area contributed by atoms with Crippen LogP contribution in [0.3, 0.4) is 0 Å². The van der Waals surface area contributed by atoms with Crippen molar-refractivity contribution < 1.29 is 4.74 Å². The van der Waals surface area contributed by atoms with E-state index in [0.717, 1.165) is 18.7 Å². The van der Waals surface area contributed by atoms with E-state index in [1.165, 1.54) is 5.56 Å². The Morgan fingerprint density at radius 3 is 2.35 bits per heavy atom. The van der Waals surface area contributed by atoms with Gasteiger partial charge in [0, 0.05) is 12.1 Å². The average Bonchev–Trinajstić information content (AvgIpc) is 2.36. The minimum Gasteiger partial charge on any atom is -0.489 e. The van der Waals surface area contributed by atoms with E-state index < -0.39 is 0 Å². The largest absolute Gasteiger partial charge is 0.489 e. The standard InChI is InChI=1S/C18H31NO/c1-8-18(6,7)15-10-9-11-16(12-15)20-14(2)13-19-17(3,4)5/h9-12,14,19H,8,13H2,1-7H3/t14-/m1/s1. The molecule has 0 aromatic heterocycles. The molecule has 1 atom stereocenters. The number of benzene rings is 1. The van der Waals surface area contributed by atoms with Crippen molar-refractivity contribution >= 4 is 0 Å². The van der Waals surface area contributed by atoms with Crippen LogP contribution in [0.4, 0.5) is 0 Å². The van der Waals surface area contributed by atoms with Gasteiger partial charge in [-0.25, -0.2) is 0 Å². The van der Waals surface area contributed by atoms with Crippen LogP contribution in [0.5, 0.6) is 5.75 Å². The van der Waals surface area contributed by atoms with Crippen molar-refractivity contribution in [3.63, 3.8) is 0 Å². The van der Waals surface area contributed by atoms with Crippen LogP contribution < -0.4 is 10.1 Å². The SMILES string of the molecule is CCC(C)(C)c1cccc(O[C@H](C)CNC(C)(C)C)c1. The van der Waals surface area contributed by atoms with Gasteiger partial charge in [-0.15, -0.1) is 0 Å². The van der Waals surface area contributed by atoms with Gasteiger partial charge in [-0.2, -0.15) is 0 Å². The highest BCUT2D eigenvalue weighted by Crippen LogP contribution is 2.29. The lowest BCUT2D eigenvalue weighted by Gasteiger charge is -2.26. The fourth-order valence-electron chi connectivity index (χ4n) is 1.92. The van der Waals surface area contributed by atoms with Crippen molar-refractivity contribution in [1.29, 1.82) is 0 Å². The van der Waals surface area contributed by atoms with E-state index >= 15 is 0 Å². The smallest absolute Gasteiger partial charge is 0.120 e. The molecule has 0 radical (unpaired) electrons. The molecule has 114 valence electrons. The van der Waals surface area contributed by atoms with Crippen LogP contribution in [0.25, 0.3) is 0 Å². The molecule has 0 saturated heterocycles. The second-order valence-electron chi connectivity index (χ2n) is 7.32. The molecule has 0 aliphatic heterocycles. The average molecular weight is 277 g/mol. The maximum Gasteiger partial charge on any atom is 0.120 e. The zero-order valence-electron chi connectivity index (χ0n) is 14.2. The molecule has 1 aromatic rings. The van der Waals surface area contributed by atoms with Crippen molar-refractivity contribution in [2.24, 2.45) is 0 Å². The quantitative estimate of drug-likeness (QED) is 0.825. The molecule has 1 aromatic carbocycles. The summed E-state index contributed by atoms with van der Waals surface area (Å²) in [7, 11) is 0. The molecular formula is C18H31NO. The zero-order valence-corrected chi connectivity index (χ0v) is 14.2. The summed E-state index contributed by atoms with van der Waals surface area (Å²) in [4.78, 5) is 0. The normalized spacial score (nSPS) is 14.2. The lowest BCUT2D eigenvalue weighted by molar-refractivity contribution is 0.203. The molecule has 0 unspecified atom stereocenters. The van der Waals surface area contributed by atoms with Gasteiger partial charge >= 0.3 is 0 Å². The predicted molar refractivity (Wildman–Crippen MR) is 87.6 cm³/mol. The third-order valence-corrected chi connectivity index (χ3v) is 3.76. The minimum atomic E-state index is 0.129. The molecule has 2 heteroatoms. The molecule has 0 amide bonds. The fourth-order valence-corrected chi connectivity index (χ4v) is 1.92. The number of hydrogen-bond donors (Lipinski definition) is 1. The van der Waals surface area contributed by atoms with Crippen molar-refractivity contribution in [2.75, 3.05) is 6.54 Å². The second-order valence-corrected chi connectivity index (χ2v) is 7.32. The van der Waals surface area contributed by atoms with Crippen molar-refractivity contribution in [3.05, 3.63) is 29.8 Å². The first kappa shape index (κ1) is 17.0. The molecule has 2 nitrogen and oxygen atoms in total. The lowest BCUT2D eigenvalue weighted by Crippen LogP contribution is -2.41. The minimum absolute atomic E-state index is 0.129. The Labute approximate surface area is 124 Å². The summed E-state index contributed by atoms with van der Waals surface area (Å²) in [5.41, 5.74) is 1.67. The van der Waals surface area contributed by atoms with Gasteiger partial charge in [0.15, 0.2) is 0 Å². The fraction of sp³-hybridized carbons (Fsp3) is 0.667. The van der Waals surface area contributed by atoms with Gasteiger partial charge < -0.3 is 10.1 Å². The Morgan fingerprint density at radius 1 is 1.15 bits per heavy atom. The summed E-state index contributed by atoms with van der Waals surface area (Å²) in [6.07, 6.45) is 1.28. The molecule has 0 bridgehead atoms. The molecule has 0 spiro atoms. The maximum atomic E-state index is 6.03. The number of nitrogens with one attached hydrogen (secondary N) is 1. The molecular weight excluding hydrogens is 246 g/mol. The van der Waals surface area contributed by atoms with E-state index in [1.54, 1.807) is 0 Å². The summed E-state index contributed by atoms with van der Waals surface area (Å²) in [6, 6.07) is 8.50. The summed E-state index contributed by atoms with van der Waals surface area (Å²) >= 11 is 0. The van der Waals surface area contributed by atoms with Crippen LogP contribution in [-0.4, -0.2) is 18.2 Å². The van der Waals surface area contributed by atoms with Crippen LogP contribution in [0.2, 0.25) is 0 Å². The maximum absolute atomic E-state index is 6.03. The lowest BCUT2D eigenvalue weighted by atomic mass is 9.82. The van der Waals surface area contributed by atoms with Crippen LogP contribution in [-0.2, 0) is 5.41 Å². The van der Waals surface area contributed by atoms with Crippen LogP contribution in [0.1, 0.15) is 60.5 Å². The number of rotatable bonds is 6. The third kappa shape index (κ3) is 5.54. The van der Waals surface area contributed by atoms with Gasteiger partial charge in [-0.05, 0) is 57.2 Å². The van der Waals surface area contributed by atoms with Crippen molar-refractivity contribution in [3.8, 4) is 5.75 Å². The monoisotopic (exact) mass is 277 g/mol. The third-order valence-electron chi connectivity index (χ3n) is 3.76. The topological polar surface area (TPSA) is 21.3 Å². The van der Waals surface area contributed by atoms with Crippen LogP contribution in [0, 0.1) is 0 Å².